The molecule has 0 radical (unpaired) electrons. The molecule has 0 aliphatic rings. The molecule has 4 nitrogen and oxygen atoms in total. The number of carbonyl (C=O) groups excluding carboxylic acids is 1. The van der Waals surface area contributed by atoms with Gasteiger partial charge in [-0.1, -0.05) is 18.2 Å². The molecule has 1 N–H and O–H groups in total. The second kappa shape index (κ2) is 6.57. The number of fused-ring (bicyclic) bond motifs is 1. The maximum absolute atomic E-state index is 12.4. The molecule has 1 aromatic heterocycles. The topological polar surface area (TPSA) is 43.3 Å². The Hall–Kier alpha value is -1.81. The third kappa shape index (κ3) is 2.70. The maximum Gasteiger partial charge on any atom is 0.268 e. The highest BCUT2D eigenvalue weighted by molar-refractivity contribution is 6.01. The van der Waals surface area contributed by atoms with Gasteiger partial charge in [-0.05, 0) is 31.9 Å². The fourth-order valence-electron chi connectivity index (χ4n) is 2.60. The minimum Gasteiger partial charge on any atom is -0.385 e. The second-order valence-electron chi connectivity index (χ2n) is 4.84. The summed E-state index contributed by atoms with van der Waals surface area (Å²) in [6.45, 7) is 6.16. The van der Waals surface area contributed by atoms with Crippen molar-refractivity contribution >= 4 is 16.8 Å². The first-order chi connectivity index (χ1) is 9.70. The molecule has 4 heteroatoms. The SMILES string of the molecule is CCn1c(C(=O)NCCCOC)c(C)c2ccccc21. The monoisotopic (exact) mass is 274 g/mol. The van der Waals surface area contributed by atoms with E-state index < -0.39 is 0 Å². The van der Waals surface area contributed by atoms with Crippen molar-refractivity contribution in [2.24, 2.45) is 0 Å². The zero-order chi connectivity index (χ0) is 14.5. The van der Waals surface area contributed by atoms with Crippen LogP contribution in [0, 0.1) is 6.92 Å². The molecule has 0 spiro atoms. The number of hydrogen-bond acceptors (Lipinski definition) is 2. The number of benzene rings is 1. The van der Waals surface area contributed by atoms with E-state index in [9.17, 15) is 4.79 Å². The van der Waals surface area contributed by atoms with Crippen LogP contribution in [0.4, 0.5) is 0 Å². The van der Waals surface area contributed by atoms with Crippen LogP contribution in [0.15, 0.2) is 24.3 Å². The van der Waals surface area contributed by atoms with Crippen LogP contribution in [0.1, 0.15) is 29.4 Å². The lowest BCUT2D eigenvalue weighted by Gasteiger charge is -2.09. The fraction of sp³-hybridized carbons (Fsp3) is 0.438. The molecule has 0 aliphatic carbocycles. The van der Waals surface area contributed by atoms with Gasteiger partial charge in [-0.3, -0.25) is 4.79 Å². The summed E-state index contributed by atoms with van der Waals surface area (Å²) >= 11 is 0. The largest absolute Gasteiger partial charge is 0.385 e. The zero-order valence-electron chi connectivity index (χ0n) is 12.4. The van der Waals surface area contributed by atoms with Crippen molar-refractivity contribution in [3.8, 4) is 0 Å². The molecule has 0 saturated heterocycles. The van der Waals surface area contributed by atoms with Crippen LogP contribution in [0.3, 0.4) is 0 Å². The van der Waals surface area contributed by atoms with E-state index in [0.29, 0.717) is 13.2 Å². The number of ether oxygens (including phenoxy) is 1. The third-order valence-electron chi connectivity index (χ3n) is 3.57. The van der Waals surface area contributed by atoms with Crippen LogP contribution in [0.25, 0.3) is 10.9 Å². The summed E-state index contributed by atoms with van der Waals surface area (Å²) in [6, 6.07) is 8.15. The highest BCUT2D eigenvalue weighted by atomic mass is 16.5. The predicted molar refractivity (Wildman–Crippen MR) is 81.2 cm³/mol. The molecule has 1 aromatic carbocycles. The maximum atomic E-state index is 12.4. The Morgan fingerprint density at radius 2 is 2.10 bits per heavy atom. The molecular formula is C16H22N2O2. The number of hydrogen-bond donors (Lipinski definition) is 1. The molecule has 1 heterocycles. The Bertz CT molecular complexity index is 602. The molecule has 108 valence electrons. The van der Waals surface area contributed by atoms with Crippen molar-refractivity contribution in [3.05, 3.63) is 35.5 Å². The standard InChI is InChI=1S/C16H22N2O2/c1-4-18-14-9-6-5-8-13(14)12(2)15(18)16(19)17-10-7-11-20-3/h5-6,8-9H,4,7,10-11H2,1-3H3,(H,17,19). The van der Waals surface area contributed by atoms with Gasteiger partial charge in [0, 0.05) is 37.7 Å². The summed E-state index contributed by atoms with van der Waals surface area (Å²) in [6.07, 6.45) is 0.827. The quantitative estimate of drug-likeness (QED) is 0.823. The molecule has 0 aliphatic heterocycles. The Kier molecular flexibility index (Phi) is 4.79. The van der Waals surface area contributed by atoms with Crippen molar-refractivity contribution in [2.45, 2.75) is 26.8 Å². The van der Waals surface area contributed by atoms with E-state index in [0.717, 1.165) is 35.1 Å². The number of nitrogens with one attached hydrogen (secondary N) is 1. The van der Waals surface area contributed by atoms with Crippen LogP contribution in [0.2, 0.25) is 0 Å². The van der Waals surface area contributed by atoms with Crippen LogP contribution in [-0.2, 0) is 11.3 Å². The highest BCUT2D eigenvalue weighted by Crippen LogP contribution is 2.25. The molecule has 20 heavy (non-hydrogen) atoms. The lowest BCUT2D eigenvalue weighted by molar-refractivity contribution is 0.0939. The van der Waals surface area contributed by atoms with Gasteiger partial charge in [-0.25, -0.2) is 0 Å². The number of rotatable bonds is 6. The highest BCUT2D eigenvalue weighted by Gasteiger charge is 2.18. The van der Waals surface area contributed by atoms with Gasteiger partial charge in [0.2, 0.25) is 0 Å². The molecule has 0 atom stereocenters. The van der Waals surface area contributed by atoms with Crippen LogP contribution < -0.4 is 5.32 Å². The van der Waals surface area contributed by atoms with Gasteiger partial charge < -0.3 is 14.6 Å². The second-order valence-corrected chi connectivity index (χ2v) is 4.84. The van der Waals surface area contributed by atoms with Gasteiger partial charge in [-0.2, -0.15) is 0 Å². The van der Waals surface area contributed by atoms with Gasteiger partial charge >= 0.3 is 0 Å². The molecule has 2 rings (SSSR count). The number of nitrogens with zero attached hydrogens (tertiary/aromatic N) is 1. The first-order valence-electron chi connectivity index (χ1n) is 7.05. The number of amides is 1. The van der Waals surface area contributed by atoms with E-state index in [1.165, 1.54) is 0 Å². The summed E-state index contributed by atoms with van der Waals surface area (Å²) in [5, 5.41) is 4.12. The third-order valence-corrected chi connectivity index (χ3v) is 3.57. The summed E-state index contributed by atoms with van der Waals surface area (Å²) in [5.74, 6) is -0.00310. The van der Waals surface area contributed by atoms with Gasteiger partial charge in [-0.15, -0.1) is 0 Å². The average molecular weight is 274 g/mol. The van der Waals surface area contributed by atoms with Crippen LogP contribution >= 0.6 is 0 Å². The van der Waals surface area contributed by atoms with E-state index in [4.69, 9.17) is 4.74 Å². The molecule has 2 aromatic rings. The Labute approximate surface area is 119 Å². The predicted octanol–water partition coefficient (Wildman–Crippen LogP) is 2.74. The summed E-state index contributed by atoms with van der Waals surface area (Å²) < 4.78 is 7.07. The van der Waals surface area contributed by atoms with Crippen molar-refractivity contribution in [1.29, 1.82) is 0 Å². The van der Waals surface area contributed by atoms with Crippen molar-refractivity contribution in [1.82, 2.24) is 9.88 Å². The molecular weight excluding hydrogens is 252 g/mol. The van der Waals surface area contributed by atoms with E-state index in [1.54, 1.807) is 7.11 Å². The van der Waals surface area contributed by atoms with Crippen molar-refractivity contribution < 1.29 is 9.53 Å². The first kappa shape index (κ1) is 14.6. The summed E-state index contributed by atoms with van der Waals surface area (Å²) in [5.41, 5.74) is 2.94. The summed E-state index contributed by atoms with van der Waals surface area (Å²) in [4.78, 5) is 12.4. The average Bonchev–Trinajstić information content (AvgIpc) is 2.76. The Morgan fingerprint density at radius 1 is 1.35 bits per heavy atom. The molecule has 0 saturated carbocycles. The number of para-hydroxylation sites is 1. The van der Waals surface area contributed by atoms with Crippen LogP contribution in [0.5, 0.6) is 0 Å². The van der Waals surface area contributed by atoms with Crippen molar-refractivity contribution in [2.75, 3.05) is 20.3 Å². The van der Waals surface area contributed by atoms with Crippen LogP contribution in [-0.4, -0.2) is 30.7 Å². The Morgan fingerprint density at radius 3 is 2.80 bits per heavy atom. The molecule has 0 fully saturated rings. The van der Waals surface area contributed by atoms with Gasteiger partial charge in [0.25, 0.3) is 5.91 Å². The van der Waals surface area contributed by atoms with E-state index in [2.05, 4.69) is 28.9 Å². The van der Waals surface area contributed by atoms with Gasteiger partial charge in [0.15, 0.2) is 0 Å². The van der Waals surface area contributed by atoms with E-state index in [-0.39, 0.29) is 5.91 Å². The van der Waals surface area contributed by atoms with Gasteiger partial charge in [0.05, 0.1) is 0 Å². The van der Waals surface area contributed by atoms with Crippen molar-refractivity contribution in [3.63, 3.8) is 0 Å². The first-order valence-corrected chi connectivity index (χ1v) is 7.05. The van der Waals surface area contributed by atoms with E-state index in [1.807, 2.05) is 19.1 Å². The van der Waals surface area contributed by atoms with Gasteiger partial charge in [0.1, 0.15) is 5.69 Å². The molecule has 0 bridgehead atoms. The zero-order valence-corrected chi connectivity index (χ0v) is 12.4. The fourth-order valence-corrected chi connectivity index (χ4v) is 2.60. The summed E-state index contributed by atoms with van der Waals surface area (Å²) in [7, 11) is 1.67. The smallest absolute Gasteiger partial charge is 0.268 e. The number of aryl methyl sites for hydroxylation is 2. The van der Waals surface area contributed by atoms with E-state index >= 15 is 0 Å². The lowest BCUT2D eigenvalue weighted by atomic mass is 10.1. The lowest BCUT2D eigenvalue weighted by Crippen LogP contribution is -2.28. The molecule has 1 amide bonds. The molecule has 0 unspecified atom stereocenters. The Balaban J connectivity index is 2.28. The number of aromatic nitrogens is 1. The normalized spacial score (nSPS) is 10.9. The number of carbonyl (C=O) groups is 1. The minimum atomic E-state index is -0.00310. The number of methoxy groups -OCH3 is 1. The minimum absolute atomic E-state index is 0.00310.